The van der Waals surface area contributed by atoms with Gasteiger partial charge in [-0.2, -0.15) is 0 Å². The molecule has 5 nitrogen and oxygen atoms in total. The molecular weight excluding hydrogens is 323 g/mol. The summed E-state index contributed by atoms with van der Waals surface area (Å²) in [5.74, 6) is -0.329. The summed E-state index contributed by atoms with van der Waals surface area (Å²) in [6.07, 6.45) is -0.850. The molecule has 2 N–H and O–H groups in total. The maximum absolute atomic E-state index is 13.6. The van der Waals surface area contributed by atoms with Gasteiger partial charge >= 0.3 is 6.09 Å². The van der Waals surface area contributed by atoms with E-state index in [0.29, 0.717) is 24.5 Å². The fourth-order valence-corrected chi connectivity index (χ4v) is 2.53. The minimum Gasteiger partial charge on any atom is -0.444 e. The molecule has 0 bridgehead atoms. The van der Waals surface area contributed by atoms with Gasteiger partial charge in [-0.25, -0.2) is 9.18 Å². The van der Waals surface area contributed by atoms with Gasteiger partial charge in [-0.15, -0.1) is 0 Å². The van der Waals surface area contributed by atoms with E-state index in [1.54, 1.807) is 4.90 Å². The number of nitrogens with zero attached hydrogens (tertiary/aromatic N) is 1. The second-order valence-corrected chi connectivity index (χ2v) is 7.21. The normalized spacial score (nSPS) is 16.7. The van der Waals surface area contributed by atoms with E-state index in [2.05, 4.69) is 5.32 Å². The third-order valence-electron chi connectivity index (χ3n) is 3.42. The van der Waals surface area contributed by atoms with Gasteiger partial charge in [0.05, 0.1) is 5.69 Å². The number of likely N-dealkylation sites (tertiary alicyclic amines) is 1. The smallest absolute Gasteiger partial charge is 0.410 e. The second-order valence-electron chi connectivity index (χ2n) is 6.77. The molecule has 1 unspecified atom stereocenters. The van der Waals surface area contributed by atoms with Crippen LogP contribution in [0.15, 0.2) is 18.2 Å². The summed E-state index contributed by atoms with van der Waals surface area (Å²) < 4.78 is 18.9. The first-order valence-corrected chi connectivity index (χ1v) is 7.89. The van der Waals surface area contributed by atoms with Crippen molar-refractivity contribution >= 4 is 23.4 Å². The zero-order valence-corrected chi connectivity index (χ0v) is 14.2. The third kappa shape index (κ3) is 5.25. The molecule has 0 spiro atoms. The number of hydrogen-bond acceptors (Lipinski definition) is 4. The van der Waals surface area contributed by atoms with Gasteiger partial charge in [0.25, 0.3) is 0 Å². The van der Waals surface area contributed by atoms with Crippen LogP contribution in [0.25, 0.3) is 0 Å². The van der Waals surface area contributed by atoms with Crippen LogP contribution in [0.4, 0.5) is 14.9 Å². The lowest BCUT2D eigenvalue weighted by Gasteiger charge is -2.40. The van der Waals surface area contributed by atoms with Gasteiger partial charge < -0.3 is 20.1 Å². The van der Waals surface area contributed by atoms with E-state index in [9.17, 15) is 14.3 Å². The number of carbonyl (C=O) groups is 1. The van der Waals surface area contributed by atoms with Gasteiger partial charge in [-0.05, 0) is 51.3 Å². The van der Waals surface area contributed by atoms with E-state index < -0.39 is 17.6 Å². The van der Waals surface area contributed by atoms with Crippen LogP contribution in [0.2, 0.25) is 5.02 Å². The predicted octanol–water partition coefficient (Wildman–Crippen LogP) is 3.47. The number of rotatable bonds is 4. The summed E-state index contributed by atoms with van der Waals surface area (Å²) in [4.78, 5) is 13.4. The average molecular weight is 345 g/mol. The van der Waals surface area contributed by atoms with Crippen molar-refractivity contribution in [2.45, 2.75) is 39.0 Å². The molecule has 1 amide bonds. The summed E-state index contributed by atoms with van der Waals surface area (Å²) in [5.41, 5.74) is -0.360. The highest BCUT2D eigenvalue weighted by Crippen LogP contribution is 2.25. The van der Waals surface area contributed by atoms with Gasteiger partial charge in [-0.3, -0.25) is 0 Å². The molecule has 1 aromatic rings. The van der Waals surface area contributed by atoms with Crippen molar-refractivity contribution in [1.29, 1.82) is 0 Å². The molecule has 1 atom stereocenters. The first-order valence-electron chi connectivity index (χ1n) is 7.51. The number of aliphatic hydroxyl groups is 1. The molecule has 1 aromatic carbocycles. The minimum absolute atomic E-state index is 0.146. The summed E-state index contributed by atoms with van der Waals surface area (Å²) in [5, 5.41) is 13.1. The number of carbonyl (C=O) groups excluding carboxylic acids is 1. The topological polar surface area (TPSA) is 61.8 Å². The van der Waals surface area contributed by atoms with Crippen LogP contribution in [0, 0.1) is 11.7 Å². The Kier molecular flexibility index (Phi) is 5.37. The number of nitrogens with one attached hydrogen (secondary N) is 1. The van der Waals surface area contributed by atoms with Crippen molar-refractivity contribution in [3.63, 3.8) is 0 Å². The van der Waals surface area contributed by atoms with Gasteiger partial charge in [-0.1, -0.05) is 11.6 Å². The van der Waals surface area contributed by atoms with Gasteiger partial charge in [0.15, 0.2) is 0 Å². The molecule has 0 radical (unpaired) electrons. The number of hydrogen-bond donors (Lipinski definition) is 2. The van der Waals surface area contributed by atoms with E-state index in [4.69, 9.17) is 16.3 Å². The quantitative estimate of drug-likeness (QED) is 0.821. The molecule has 0 saturated carbocycles. The summed E-state index contributed by atoms with van der Waals surface area (Å²) >= 11 is 5.80. The number of anilines is 1. The monoisotopic (exact) mass is 344 g/mol. The Morgan fingerprint density at radius 2 is 2.17 bits per heavy atom. The van der Waals surface area contributed by atoms with E-state index in [1.165, 1.54) is 18.2 Å². The first kappa shape index (κ1) is 17.8. The van der Waals surface area contributed by atoms with Crippen LogP contribution >= 0.6 is 11.6 Å². The Morgan fingerprint density at radius 1 is 1.52 bits per heavy atom. The molecule has 1 fully saturated rings. The van der Waals surface area contributed by atoms with Gasteiger partial charge in [0, 0.05) is 18.1 Å². The molecule has 23 heavy (non-hydrogen) atoms. The second kappa shape index (κ2) is 6.93. The summed E-state index contributed by atoms with van der Waals surface area (Å²) in [7, 11) is 0. The zero-order chi connectivity index (χ0) is 17.2. The van der Waals surface area contributed by atoms with E-state index in [-0.39, 0.29) is 17.7 Å². The SMILES string of the molecule is CC(C)(C)OC(=O)N1CC(CC(O)Nc2cc(Cl)ccc2F)C1. The average Bonchev–Trinajstić information content (AvgIpc) is 2.35. The lowest BCUT2D eigenvalue weighted by Crippen LogP contribution is -2.52. The van der Waals surface area contributed by atoms with Crippen molar-refractivity contribution in [3.8, 4) is 0 Å². The number of amides is 1. The zero-order valence-electron chi connectivity index (χ0n) is 13.5. The molecule has 2 rings (SSSR count). The Balaban J connectivity index is 1.77. The highest BCUT2D eigenvalue weighted by atomic mass is 35.5. The molecule has 0 aliphatic carbocycles. The minimum atomic E-state index is -0.909. The van der Waals surface area contributed by atoms with Crippen molar-refractivity contribution in [1.82, 2.24) is 4.90 Å². The van der Waals surface area contributed by atoms with Crippen molar-refractivity contribution in [2.24, 2.45) is 5.92 Å². The van der Waals surface area contributed by atoms with Crippen molar-refractivity contribution in [3.05, 3.63) is 29.0 Å². The summed E-state index contributed by atoms with van der Waals surface area (Å²) in [6, 6.07) is 4.11. The number of aliphatic hydroxyl groups excluding tert-OH is 1. The third-order valence-corrected chi connectivity index (χ3v) is 3.65. The lowest BCUT2D eigenvalue weighted by molar-refractivity contribution is -0.00796. The number of halogens is 2. The Morgan fingerprint density at radius 3 is 2.78 bits per heavy atom. The molecule has 128 valence electrons. The van der Waals surface area contributed by atoms with E-state index in [1.807, 2.05) is 20.8 Å². The molecule has 1 saturated heterocycles. The van der Waals surface area contributed by atoms with Crippen LogP contribution in [-0.2, 0) is 4.74 Å². The van der Waals surface area contributed by atoms with Gasteiger partial charge in [0.1, 0.15) is 17.6 Å². The van der Waals surface area contributed by atoms with E-state index >= 15 is 0 Å². The predicted molar refractivity (Wildman–Crippen MR) is 87.0 cm³/mol. The highest BCUT2D eigenvalue weighted by Gasteiger charge is 2.34. The van der Waals surface area contributed by atoms with Crippen LogP contribution in [0.3, 0.4) is 0 Å². The molecule has 1 aliphatic heterocycles. The standard InChI is InChI=1S/C16H22ClFN2O3/c1-16(2,3)23-15(22)20-8-10(9-20)6-14(21)19-13-7-11(17)4-5-12(13)18/h4-5,7,10,14,19,21H,6,8-9H2,1-3H3. The first-order chi connectivity index (χ1) is 10.6. The molecule has 7 heteroatoms. The van der Waals surface area contributed by atoms with Gasteiger partial charge in [0.2, 0.25) is 0 Å². The molecule has 0 aromatic heterocycles. The maximum Gasteiger partial charge on any atom is 0.410 e. The molecular formula is C16H22ClFN2O3. The number of ether oxygens (including phenoxy) is 1. The van der Waals surface area contributed by atoms with Crippen LogP contribution in [0.5, 0.6) is 0 Å². The van der Waals surface area contributed by atoms with Crippen molar-refractivity contribution in [2.75, 3.05) is 18.4 Å². The summed E-state index contributed by atoms with van der Waals surface area (Å²) in [6.45, 7) is 6.48. The Bertz CT molecular complexity index is 571. The maximum atomic E-state index is 13.6. The fourth-order valence-electron chi connectivity index (χ4n) is 2.36. The molecule has 1 aliphatic rings. The van der Waals surface area contributed by atoms with Crippen LogP contribution in [-0.4, -0.2) is 41.0 Å². The van der Waals surface area contributed by atoms with Crippen LogP contribution < -0.4 is 5.32 Å². The largest absolute Gasteiger partial charge is 0.444 e. The lowest BCUT2D eigenvalue weighted by atomic mass is 9.96. The van der Waals surface area contributed by atoms with E-state index in [0.717, 1.165) is 0 Å². The number of benzene rings is 1. The van der Waals surface area contributed by atoms with Crippen LogP contribution in [0.1, 0.15) is 27.2 Å². The van der Waals surface area contributed by atoms with Crippen molar-refractivity contribution < 1.29 is 19.0 Å². The Labute approximate surface area is 140 Å². The fraction of sp³-hybridized carbons (Fsp3) is 0.562. The molecule has 1 heterocycles. The Hall–Kier alpha value is -1.53. The highest BCUT2D eigenvalue weighted by molar-refractivity contribution is 6.30.